The number of hydrogen-bond donors (Lipinski definition) is 2. The molecule has 10 heteroatoms. The maximum absolute atomic E-state index is 13.1. The molecule has 0 bridgehead atoms. The lowest BCUT2D eigenvalue weighted by Gasteiger charge is -2.31. The summed E-state index contributed by atoms with van der Waals surface area (Å²) in [5.74, 6) is -1.46. The van der Waals surface area contributed by atoms with Crippen molar-refractivity contribution in [2.45, 2.75) is 71.4 Å². The number of hydrogen-bond acceptors (Lipinski definition) is 5. The summed E-state index contributed by atoms with van der Waals surface area (Å²) in [6.45, 7) is 7.73. The van der Waals surface area contributed by atoms with E-state index in [9.17, 15) is 22.8 Å². The van der Waals surface area contributed by atoms with Gasteiger partial charge in [-0.3, -0.25) is 14.2 Å². The molecule has 2 amide bonds. The molecule has 1 aromatic heterocycles. The number of nitrogens with one attached hydrogen (secondary N) is 2. The molecule has 1 aromatic carbocycles. The van der Waals surface area contributed by atoms with Crippen LogP contribution in [0.3, 0.4) is 0 Å². The van der Waals surface area contributed by atoms with E-state index in [4.69, 9.17) is 9.47 Å². The molecule has 7 nitrogen and oxygen atoms in total. The summed E-state index contributed by atoms with van der Waals surface area (Å²) in [7, 11) is 0. The van der Waals surface area contributed by atoms with Gasteiger partial charge in [0, 0.05) is 18.2 Å². The Morgan fingerprint density at radius 2 is 1.63 bits per heavy atom. The average molecular weight is 496 g/mol. The predicted octanol–water partition coefficient (Wildman–Crippen LogP) is 5.31. The van der Waals surface area contributed by atoms with E-state index in [0.717, 1.165) is 11.1 Å². The van der Waals surface area contributed by atoms with Gasteiger partial charge in [-0.25, -0.2) is 4.79 Å². The summed E-state index contributed by atoms with van der Waals surface area (Å²) in [6, 6.07) is 10.8. The minimum absolute atomic E-state index is 0.00573. The van der Waals surface area contributed by atoms with Crippen LogP contribution in [0.2, 0.25) is 0 Å². The Hall–Kier alpha value is -3.14. The van der Waals surface area contributed by atoms with Gasteiger partial charge >= 0.3 is 12.5 Å². The van der Waals surface area contributed by atoms with Crippen LogP contribution in [-0.4, -0.2) is 41.4 Å². The molecule has 0 fully saturated rings. The summed E-state index contributed by atoms with van der Waals surface area (Å²) >= 11 is 0. The number of carbonyl (C=O) groups excluding carboxylic acids is 2. The fourth-order valence-corrected chi connectivity index (χ4v) is 3.20. The summed E-state index contributed by atoms with van der Waals surface area (Å²) in [5.41, 5.74) is 0.955. The summed E-state index contributed by atoms with van der Waals surface area (Å²) in [5, 5.41) is 4.76. The van der Waals surface area contributed by atoms with Crippen LogP contribution in [0.15, 0.2) is 42.6 Å². The lowest BCUT2D eigenvalue weighted by molar-refractivity contribution is -0.148. The molecular formula is C25H32F3N3O4. The van der Waals surface area contributed by atoms with Crippen molar-refractivity contribution in [1.29, 1.82) is 0 Å². The minimum Gasteiger partial charge on any atom is -0.444 e. The zero-order valence-corrected chi connectivity index (χ0v) is 20.5. The molecule has 2 N–H and O–H groups in total. The van der Waals surface area contributed by atoms with Gasteiger partial charge in [-0.15, -0.1) is 0 Å². The normalized spacial score (nSPS) is 12.8. The largest absolute Gasteiger partial charge is 0.444 e. The number of amides is 2. The first-order valence-electron chi connectivity index (χ1n) is 11.2. The number of carbonyl (C=O) groups is 2. The van der Waals surface area contributed by atoms with Crippen molar-refractivity contribution in [1.82, 2.24) is 15.6 Å². The van der Waals surface area contributed by atoms with Crippen LogP contribution in [0.5, 0.6) is 0 Å². The van der Waals surface area contributed by atoms with Gasteiger partial charge in [0.05, 0.1) is 25.0 Å². The molecule has 35 heavy (non-hydrogen) atoms. The number of ether oxygens (including phenoxy) is 2. The Bertz CT molecular complexity index is 975. The highest BCUT2D eigenvalue weighted by molar-refractivity contribution is 5.79. The Balaban J connectivity index is 2.04. The Morgan fingerprint density at radius 3 is 2.14 bits per heavy atom. The van der Waals surface area contributed by atoms with Gasteiger partial charge in [0.25, 0.3) is 5.91 Å². The summed E-state index contributed by atoms with van der Waals surface area (Å²) in [6.07, 6.45) is -2.79. The number of pyridine rings is 1. The highest BCUT2D eigenvalue weighted by atomic mass is 19.3. The fourth-order valence-electron chi connectivity index (χ4n) is 3.20. The van der Waals surface area contributed by atoms with E-state index in [1.807, 2.05) is 18.2 Å². The number of halogens is 3. The first-order valence-corrected chi connectivity index (χ1v) is 11.2. The Kier molecular flexibility index (Phi) is 9.64. The van der Waals surface area contributed by atoms with E-state index < -0.39 is 42.5 Å². The molecular weight excluding hydrogens is 463 g/mol. The zero-order chi connectivity index (χ0) is 26.2. The van der Waals surface area contributed by atoms with Crippen LogP contribution < -0.4 is 10.6 Å². The number of alkyl carbamates (subject to hydrolysis) is 1. The van der Waals surface area contributed by atoms with Gasteiger partial charge in [0.1, 0.15) is 11.3 Å². The van der Waals surface area contributed by atoms with Crippen LogP contribution >= 0.6 is 0 Å². The van der Waals surface area contributed by atoms with E-state index in [0.29, 0.717) is 11.3 Å². The van der Waals surface area contributed by atoms with Crippen molar-refractivity contribution in [3.8, 4) is 11.1 Å². The third kappa shape index (κ3) is 9.56. The maximum atomic E-state index is 13.1. The number of alkyl halides is 3. The van der Waals surface area contributed by atoms with Crippen LogP contribution in [0.4, 0.5) is 18.0 Å². The van der Waals surface area contributed by atoms with Crippen molar-refractivity contribution in [3.05, 3.63) is 53.9 Å². The van der Waals surface area contributed by atoms with Crippen LogP contribution in [0.1, 0.15) is 58.4 Å². The SMILES string of the molecule is CC(C)(C)OC(=O)NCc1ccc(-c2ccc(C(CCF)OC(C)(C)NC(=O)C(F)F)cc2)cn1. The first kappa shape index (κ1) is 28.1. The maximum Gasteiger partial charge on any atom is 0.407 e. The molecule has 0 saturated heterocycles. The minimum atomic E-state index is -3.18. The lowest BCUT2D eigenvalue weighted by Crippen LogP contribution is -2.48. The van der Waals surface area contributed by atoms with Crippen molar-refractivity contribution in [3.63, 3.8) is 0 Å². The third-order valence-corrected chi connectivity index (χ3v) is 4.68. The number of rotatable bonds is 10. The predicted molar refractivity (Wildman–Crippen MR) is 125 cm³/mol. The smallest absolute Gasteiger partial charge is 0.407 e. The monoisotopic (exact) mass is 495 g/mol. The molecule has 0 aliphatic carbocycles. The van der Waals surface area contributed by atoms with Crippen LogP contribution in [0.25, 0.3) is 11.1 Å². The number of aromatic nitrogens is 1. The van der Waals surface area contributed by atoms with E-state index in [1.165, 1.54) is 13.8 Å². The second-order valence-corrected chi connectivity index (χ2v) is 9.40. The van der Waals surface area contributed by atoms with Crippen LogP contribution in [-0.2, 0) is 20.8 Å². The van der Waals surface area contributed by atoms with Gasteiger partial charge in [0.15, 0.2) is 0 Å². The molecule has 0 spiro atoms. The van der Waals surface area contributed by atoms with Gasteiger partial charge in [-0.1, -0.05) is 30.3 Å². The summed E-state index contributed by atoms with van der Waals surface area (Å²) in [4.78, 5) is 27.5. The van der Waals surface area contributed by atoms with E-state index in [1.54, 1.807) is 45.2 Å². The molecule has 2 aromatic rings. The Labute approximate surface area is 203 Å². The first-order chi connectivity index (χ1) is 16.3. The highest BCUT2D eigenvalue weighted by Crippen LogP contribution is 2.29. The van der Waals surface area contributed by atoms with Crippen molar-refractivity contribution in [2.75, 3.05) is 6.67 Å². The van der Waals surface area contributed by atoms with Gasteiger partial charge in [0.2, 0.25) is 0 Å². The molecule has 0 aliphatic rings. The van der Waals surface area contributed by atoms with E-state index >= 15 is 0 Å². The van der Waals surface area contributed by atoms with Crippen molar-refractivity contribution >= 4 is 12.0 Å². The molecule has 0 saturated carbocycles. The molecule has 0 aliphatic heterocycles. The third-order valence-electron chi connectivity index (χ3n) is 4.68. The number of benzene rings is 1. The topological polar surface area (TPSA) is 89.5 Å². The highest BCUT2D eigenvalue weighted by Gasteiger charge is 2.29. The molecule has 1 heterocycles. The quantitative estimate of drug-likeness (QED) is 0.436. The second-order valence-electron chi connectivity index (χ2n) is 9.40. The van der Waals surface area contributed by atoms with Crippen molar-refractivity contribution in [2.24, 2.45) is 0 Å². The summed E-state index contributed by atoms with van der Waals surface area (Å²) < 4.78 is 49.3. The Morgan fingerprint density at radius 1 is 1.00 bits per heavy atom. The molecule has 1 unspecified atom stereocenters. The van der Waals surface area contributed by atoms with Gasteiger partial charge < -0.3 is 20.1 Å². The molecule has 2 rings (SSSR count). The lowest BCUT2D eigenvalue weighted by atomic mass is 10.0. The van der Waals surface area contributed by atoms with Gasteiger partial charge in [-0.05, 0) is 51.8 Å². The zero-order valence-electron chi connectivity index (χ0n) is 20.5. The standard InChI is InChI=1S/C25H32F3N3O4/c1-24(2,3)35-23(33)30-15-19-11-10-18(14-29-19)16-6-8-17(9-7-16)20(12-13-26)34-25(4,5)31-22(32)21(27)28/h6-11,14,20-21H,12-13,15H2,1-5H3,(H,30,33)(H,31,32). The molecule has 1 atom stereocenters. The van der Waals surface area contributed by atoms with E-state index in [2.05, 4.69) is 15.6 Å². The van der Waals surface area contributed by atoms with Crippen LogP contribution in [0, 0.1) is 0 Å². The van der Waals surface area contributed by atoms with Crippen molar-refractivity contribution < 1.29 is 32.2 Å². The fraction of sp³-hybridized carbons (Fsp3) is 0.480. The average Bonchev–Trinajstić information content (AvgIpc) is 2.76. The molecule has 0 radical (unpaired) electrons. The molecule has 192 valence electrons. The second kappa shape index (κ2) is 12.0. The van der Waals surface area contributed by atoms with Gasteiger partial charge in [-0.2, -0.15) is 8.78 Å². The van der Waals surface area contributed by atoms with E-state index in [-0.39, 0.29) is 13.0 Å². The number of nitrogens with zero attached hydrogens (tertiary/aromatic N) is 1.